The number of ketones is 1. The van der Waals surface area contributed by atoms with Crippen molar-refractivity contribution in [2.24, 2.45) is 5.92 Å². The minimum atomic E-state index is -1.13. The minimum Gasteiger partial charge on any atom is -0.509 e. The van der Waals surface area contributed by atoms with Gasteiger partial charge in [0.15, 0.2) is 11.9 Å². The average molecular weight is 537 g/mol. The Kier molecular flexibility index (Phi) is 10.3. The number of esters is 1. The van der Waals surface area contributed by atoms with Gasteiger partial charge < -0.3 is 19.4 Å². The number of aromatic nitrogens is 2. The molecule has 0 saturated carbocycles. The molecule has 0 radical (unpaired) electrons. The standard InChI is InChI=1S/C28H36BN3O7/c1-18(2)13-20(29-38-24(16-25(34)39-29)27(36)37-28(3,4)5)15-23(33)21(14-19-9-7-6-8-10-19)32-26(35)22-17-30-11-12-31-22/h6-12,17-18,20-21,24H,13-16H2,1-5H3,(H,32,35)/t20-,21+,24+/m1/s1. The van der Waals surface area contributed by atoms with Crippen LogP contribution in [0.4, 0.5) is 0 Å². The zero-order chi connectivity index (χ0) is 28.6. The predicted octanol–water partition coefficient (Wildman–Crippen LogP) is 3.36. The molecule has 11 heteroatoms. The first-order chi connectivity index (χ1) is 18.4. The van der Waals surface area contributed by atoms with E-state index in [1.54, 1.807) is 20.8 Å². The van der Waals surface area contributed by atoms with Gasteiger partial charge in [-0.15, -0.1) is 0 Å². The highest BCUT2D eigenvalue weighted by atomic mass is 16.7. The monoisotopic (exact) mass is 537 g/mol. The number of benzene rings is 1. The molecule has 0 unspecified atom stereocenters. The number of nitrogens with one attached hydrogen (secondary N) is 1. The van der Waals surface area contributed by atoms with Crippen LogP contribution in [0.2, 0.25) is 5.82 Å². The lowest BCUT2D eigenvalue weighted by atomic mass is 9.64. The van der Waals surface area contributed by atoms with Crippen LogP contribution in [0.3, 0.4) is 0 Å². The van der Waals surface area contributed by atoms with E-state index in [-0.39, 0.29) is 36.7 Å². The second-order valence-corrected chi connectivity index (χ2v) is 11.1. The van der Waals surface area contributed by atoms with Gasteiger partial charge in [0.1, 0.15) is 11.3 Å². The van der Waals surface area contributed by atoms with Gasteiger partial charge in [-0.25, -0.2) is 9.78 Å². The number of nitrogens with zero attached hydrogens (tertiary/aromatic N) is 2. The van der Waals surface area contributed by atoms with Gasteiger partial charge in [-0.05, 0) is 45.1 Å². The van der Waals surface area contributed by atoms with E-state index in [9.17, 15) is 19.2 Å². The number of carbonyl (C=O) groups is 4. The summed E-state index contributed by atoms with van der Waals surface area (Å²) in [5.41, 5.74) is 0.198. The van der Waals surface area contributed by atoms with Crippen LogP contribution in [0, 0.1) is 5.92 Å². The lowest BCUT2D eigenvalue weighted by Gasteiger charge is -2.32. The number of carbonyl (C=O) groups excluding carboxylic acids is 4. The molecule has 1 N–H and O–H groups in total. The third-order valence-corrected chi connectivity index (χ3v) is 5.96. The molecule has 1 saturated heterocycles. The molecule has 3 atom stereocenters. The highest BCUT2D eigenvalue weighted by Gasteiger charge is 2.45. The van der Waals surface area contributed by atoms with Crippen molar-refractivity contribution < 1.29 is 33.2 Å². The number of rotatable bonds is 11. The second-order valence-electron chi connectivity index (χ2n) is 11.1. The summed E-state index contributed by atoms with van der Waals surface area (Å²) in [5.74, 6) is -2.45. The normalized spacial score (nSPS) is 17.2. The summed E-state index contributed by atoms with van der Waals surface area (Å²) in [6.45, 7) is 9.14. The molecule has 0 aliphatic carbocycles. The summed E-state index contributed by atoms with van der Waals surface area (Å²) in [5, 5.41) is 2.79. The Morgan fingerprint density at radius 3 is 2.49 bits per heavy atom. The van der Waals surface area contributed by atoms with Crippen LogP contribution < -0.4 is 5.32 Å². The Morgan fingerprint density at radius 1 is 1.15 bits per heavy atom. The van der Waals surface area contributed by atoms with Crippen molar-refractivity contribution in [3.05, 3.63) is 60.2 Å². The summed E-state index contributed by atoms with van der Waals surface area (Å²) in [6.07, 6.45) is 3.48. The van der Waals surface area contributed by atoms with Crippen molar-refractivity contribution in [3.63, 3.8) is 0 Å². The van der Waals surface area contributed by atoms with Gasteiger partial charge in [-0.3, -0.25) is 19.4 Å². The van der Waals surface area contributed by atoms with Crippen molar-refractivity contribution in [1.82, 2.24) is 15.3 Å². The van der Waals surface area contributed by atoms with E-state index in [4.69, 9.17) is 14.0 Å². The fourth-order valence-corrected chi connectivity index (χ4v) is 4.32. The molecular formula is C28H36BN3O7. The van der Waals surface area contributed by atoms with Gasteiger partial charge >= 0.3 is 13.1 Å². The zero-order valence-electron chi connectivity index (χ0n) is 23.1. The molecule has 3 rings (SSSR count). The predicted molar refractivity (Wildman–Crippen MR) is 143 cm³/mol. The molecule has 2 aromatic rings. The van der Waals surface area contributed by atoms with Gasteiger partial charge in [0.05, 0.1) is 18.7 Å². The van der Waals surface area contributed by atoms with E-state index in [0.29, 0.717) is 6.42 Å². The van der Waals surface area contributed by atoms with Crippen molar-refractivity contribution in [1.29, 1.82) is 0 Å². The van der Waals surface area contributed by atoms with E-state index in [2.05, 4.69) is 15.3 Å². The van der Waals surface area contributed by atoms with Gasteiger partial charge in [-0.2, -0.15) is 0 Å². The summed E-state index contributed by atoms with van der Waals surface area (Å²) in [6, 6.07) is 8.45. The molecule has 208 valence electrons. The van der Waals surface area contributed by atoms with Gasteiger partial charge in [0.25, 0.3) is 11.9 Å². The van der Waals surface area contributed by atoms with Gasteiger partial charge in [0, 0.05) is 24.6 Å². The lowest BCUT2D eigenvalue weighted by molar-refractivity contribution is -0.171. The largest absolute Gasteiger partial charge is 0.531 e. The van der Waals surface area contributed by atoms with Crippen molar-refractivity contribution in [2.75, 3.05) is 0 Å². The maximum absolute atomic E-state index is 13.7. The molecule has 0 spiro atoms. The van der Waals surface area contributed by atoms with Crippen molar-refractivity contribution >= 4 is 30.7 Å². The summed E-state index contributed by atoms with van der Waals surface area (Å²) < 4.78 is 16.8. The maximum atomic E-state index is 13.7. The Labute approximate surface area is 229 Å². The van der Waals surface area contributed by atoms with E-state index >= 15 is 0 Å². The molecule has 1 aromatic carbocycles. The highest BCUT2D eigenvalue weighted by molar-refractivity contribution is 6.50. The molecule has 1 fully saturated rings. The molecule has 1 aliphatic heterocycles. The average Bonchev–Trinajstić information content (AvgIpc) is 2.87. The van der Waals surface area contributed by atoms with Crippen LogP contribution in [0.25, 0.3) is 0 Å². The van der Waals surface area contributed by atoms with Crippen LogP contribution in [-0.4, -0.2) is 58.5 Å². The molecule has 10 nitrogen and oxygen atoms in total. The van der Waals surface area contributed by atoms with E-state index in [1.807, 2.05) is 44.2 Å². The summed E-state index contributed by atoms with van der Waals surface area (Å²) in [4.78, 5) is 59.6. The third kappa shape index (κ3) is 9.58. The first kappa shape index (κ1) is 30.0. The van der Waals surface area contributed by atoms with Crippen LogP contribution in [0.1, 0.15) is 69.9 Å². The molecule has 2 heterocycles. The molecular weight excluding hydrogens is 501 g/mol. The number of hydrogen-bond donors (Lipinski definition) is 1. The summed E-state index contributed by atoms with van der Waals surface area (Å²) >= 11 is 0. The van der Waals surface area contributed by atoms with E-state index in [1.165, 1.54) is 18.6 Å². The topological polar surface area (TPSA) is 134 Å². The molecule has 39 heavy (non-hydrogen) atoms. The maximum Gasteiger partial charge on any atom is 0.531 e. The minimum absolute atomic E-state index is 0.0462. The van der Waals surface area contributed by atoms with Gasteiger partial charge in [-0.1, -0.05) is 44.2 Å². The molecule has 1 aliphatic rings. The Bertz CT molecular complexity index is 1140. The Hall–Kier alpha value is -3.60. The SMILES string of the molecule is CC(C)C[C@H](CC(=O)[C@H](Cc1ccccc1)NC(=O)c1cnccn1)B1OC(=O)C[C@@H](C(=O)OC(C)(C)C)O1. The van der Waals surface area contributed by atoms with E-state index < -0.39 is 48.5 Å². The summed E-state index contributed by atoms with van der Waals surface area (Å²) in [7, 11) is -1.11. The number of hydrogen-bond acceptors (Lipinski definition) is 9. The number of Topliss-reactive ketones (excluding diaryl/α,β-unsaturated/α-hetero) is 1. The van der Waals surface area contributed by atoms with Crippen molar-refractivity contribution in [3.8, 4) is 0 Å². The van der Waals surface area contributed by atoms with Crippen molar-refractivity contribution in [2.45, 2.75) is 83.9 Å². The number of ether oxygens (including phenoxy) is 1. The smallest absolute Gasteiger partial charge is 0.509 e. The van der Waals surface area contributed by atoms with Gasteiger partial charge in [0.2, 0.25) is 0 Å². The third-order valence-electron chi connectivity index (χ3n) is 5.96. The Balaban J connectivity index is 1.80. The quantitative estimate of drug-likeness (QED) is 0.338. The van der Waals surface area contributed by atoms with Crippen LogP contribution in [-0.2, 0) is 34.9 Å². The Morgan fingerprint density at radius 2 is 1.87 bits per heavy atom. The fraction of sp³-hybridized carbons (Fsp3) is 0.500. The molecule has 1 aromatic heterocycles. The van der Waals surface area contributed by atoms with Crippen LogP contribution in [0.5, 0.6) is 0 Å². The van der Waals surface area contributed by atoms with Crippen LogP contribution >= 0.6 is 0 Å². The zero-order valence-corrected chi connectivity index (χ0v) is 23.1. The highest BCUT2D eigenvalue weighted by Crippen LogP contribution is 2.31. The first-order valence-corrected chi connectivity index (χ1v) is 13.1. The lowest BCUT2D eigenvalue weighted by Crippen LogP contribution is -2.48. The van der Waals surface area contributed by atoms with E-state index in [0.717, 1.165) is 5.56 Å². The molecule has 1 amide bonds. The number of amides is 1. The fourth-order valence-electron chi connectivity index (χ4n) is 4.32. The second kappa shape index (κ2) is 13.5. The molecule has 0 bridgehead atoms. The van der Waals surface area contributed by atoms with Crippen LogP contribution in [0.15, 0.2) is 48.9 Å². The first-order valence-electron chi connectivity index (χ1n) is 13.1.